The van der Waals surface area contributed by atoms with Gasteiger partial charge in [0.15, 0.2) is 0 Å². The Kier molecular flexibility index (Phi) is 2.57. The van der Waals surface area contributed by atoms with Crippen LogP contribution in [0, 0.1) is 13.8 Å². The topological polar surface area (TPSA) is 52.0 Å². The van der Waals surface area contributed by atoms with Gasteiger partial charge < -0.3 is 11.5 Å². The first-order valence-electron chi connectivity index (χ1n) is 5.30. The Bertz CT molecular complexity index is 530. The van der Waals surface area contributed by atoms with Crippen LogP contribution in [0.3, 0.4) is 0 Å². The number of nitrogen functional groups attached to an aromatic ring is 2. The minimum Gasteiger partial charge on any atom is -0.399 e. The van der Waals surface area contributed by atoms with Crippen molar-refractivity contribution >= 4 is 11.4 Å². The zero-order chi connectivity index (χ0) is 11.7. The maximum absolute atomic E-state index is 5.99. The fraction of sp³-hybridized carbons (Fsp3) is 0.143. The third kappa shape index (κ3) is 1.87. The minimum atomic E-state index is 0.701. The van der Waals surface area contributed by atoms with Crippen LogP contribution in [0.15, 0.2) is 36.4 Å². The Labute approximate surface area is 95.9 Å². The summed E-state index contributed by atoms with van der Waals surface area (Å²) in [6, 6.07) is 12.0. The van der Waals surface area contributed by atoms with Crippen molar-refractivity contribution in [3.8, 4) is 11.1 Å². The van der Waals surface area contributed by atoms with Crippen LogP contribution in [-0.4, -0.2) is 0 Å². The molecular weight excluding hydrogens is 196 g/mol. The lowest BCUT2D eigenvalue weighted by Gasteiger charge is -2.10. The van der Waals surface area contributed by atoms with E-state index in [1.807, 2.05) is 12.1 Å². The Balaban J connectivity index is 2.62. The van der Waals surface area contributed by atoms with E-state index in [0.29, 0.717) is 5.69 Å². The zero-order valence-corrected chi connectivity index (χ0v) is 9.62. The highest BCUT2D eigenvalue weighted by atomic mass is 14.6. The third-order valence-electron chi connectivity index (χ3n) is 2.76. The molecule has 0 spiro atoms. The molecule has 16 heavy (non-hydrogen) atoms. The first-order chi connectivity index (χ1) is 7.58. The fourth-order valence-corrected chi connectivity index (χ4v) is 1.85. The van der Waals surface area contributed by atoms with Gasteiger partial charge in [0, 0.05) is 16.9 Å². The summed E-state index contributed by atoms with van der Waals surface area (Å²) in [4.78, 5) is 0. The molecule has 0 unspecified atom stereocenters. The highest BCUT2D eigenvalue weighted by molar-refractivity contribution is 5.80. The van der Waals surface area contributed by atoms with Crippen LogP contribution in [0.2, 0.25) is 0 Å². The SMILES string of the molecule is Cc1ccc(C)c(-c2ccc(N)cc2N)c1. The number of anilines is 2. The number of hydrogen-bond acceptors (Lipinski definition) is 2. The van der Waals surface area contributed by atoms with Gasteiger partial charge in [-0.05, 0) is 37.1 Å². The highest BCUT2D eigenvalue weighted by Crippen LogP contribution is 2.30. The maximum atomic E-state index is 5.99. The monoisotopic (exact) mass is 212 g/mol. The Morgan fingerprint density at radius 1 is 0.812 bits per heavy atom. The molecular formula is C14H16N2. The van der Waals surface area contributed by atoms with Gasteiger partial charge in [0.25, 0.3) is 0 Å². The van der Waals surface area contributed by atoms with Crippen molar-refractivity contribution in [1.29, 1.82) is 0 Å². The molecule has 0 aromatic heterocycles. The predicted octanol–water partition coefficient (Wildman–Crippen LogP) is 3.13. The van der Waals surface area contributed by atoms with E-state index in [4.69, 9.17) is 11.5 Å². The lowest BCUT2D eigenvalue weighted by atomic mass is 9.97. The number of aryl methyl sites for hydroxylation is 2. The van der Waals surface area contributed by atoms with Crippen LogP contribution in [-0.2, 0) is 0 Å². The lowest BCUT2D eigenvalue weighted by molar-refractivity contribution is 1.39. The minimum absolute atomic E-state index is 0.701. The van der Waals surface area contributed by atoms with E-state index in [1.54, 1.807) is 6.07 Å². The summed E-state index contributed by atoms with van der Waals surface area (Å²) in [7, 11) is 0. The molecule has 2 rings (SSSR count). The predicted molar refractivity (Wildman–Crippen MR) is 70.2 cm³/mol. The molecule has 2 aromatic rings. The summed E-state index contributed by atoms with van der Waals surface area (Å²) in [6.45, 7) is 4.17. The van der Waals surface area contributed by atoms with Crippen LogP contribution in [0.5, 0.6) is 0 Å². The van der Waals surface area contributed by atoms with Crippen molar-refractivity contribution in [2.24, 2.45) is 0 Å². The quantitative estimate of drug-likeness (QED) is 0.713. The largest absolute Gasteiger partial charge is 0.399 e. The molecule has 0 fully saturated rings. The maximum Gasteiger partial charge on any atom is 0.0414 e. The van der Waals surface area contributed by atoms with Crippen molar-refractivity contribution in [2.75, 3.05) is 11.5 Å². The molecule has 0 aliphatic carbocycles. The van der Waals surface area contributed by atoms with Crippen LogP contribution >= 0.6 is 0 Å². The molecule has 0 amide bonds. The van der Waals surface area contributed by atoms with Crippen LogP contribution in [0.25, 0.3) is 11.1 Å². The van der Waals surface area contributed by atoms with Gasteiger partial charge in [0.05, 0.1) is 0 Å². The van der Waals surface area contributed by atoms with Crippen LogP contribution in [0.4, 0.5) is 11.4 Å². The van der Waals surface area contributed by atoms with Gasteiger partial charge in [0.1, 0.15) is 0 Å². The van der Waals surface area contributed by atoms with Gasteiger partial charge in [-0.25, -0.2) is 0 Å². The Morgan fingerprint density at radius 2 is 1.56 bits per heavy atom. The molecule has 0 aliphatic heterocycles. The average molecular weight is 212 g/mol. The van der Waals surface area contributed by atoms with Gasteiger partial charge in [-0.15, -0.1) is 0 Å². The summed E-state index contributed by atoms with van der Waals surface area (Å²) in [6.07, 6.45) is 0. The molecule has 0 saturated carbocycles. The Hall–Kier alpha value is -1.96. The number of hydrogen-bond donors (Lipinski definition) is 2. The average Bonchev–Trinajstić information content (AvgIpc) is 2.22. The molecule has 0 heterocycles. The molecule has 0 aliphatic rings. The smallest absolute Gasteiger partial charge is 0.0414 e. The lowest BCUT2D eigenvalue weighted by Crippen LogP contribution is -1.94. The normalized spacial score (nSPS) is 10.4. The Morgan fingerprint density at radius 3 is 2.25 bits per heavy atom. The summed E-state index contributed by atoms with van der Waals surface area (Å²) in [5.41, 5.74) is 17.8. The molecule has 0 atom stereocenters. The first-order valence-corrected chi connectivity index (χ1v) is 5.30. The van der Waals surface area contributed by atoms with E-state index < -0.39 is 0 Å². The molecule has 0 bridgehead atoms. The van der Waals surface area contributed by atoms with E-state index in [-0.39, 0.29) is 0 Å². The fourth-order valence-electron chi connectivity index (χ4n) is 1.85. The molecule has 4 N–H and O–H groups in total. The van der Waals surface area contributed by atoms with E-state index in [1.165, 1.54) is 16.7 Å². The third-order valence-corrected chi connectivity index (χ3v) is 2.76. The van der Waals surface area contributed by atoms with Gasteiger partial charge in [0.2, 0.25) is 0 Å². The second-order valence-electron chi connectivity index (χ2n) is 4.17. The van der Waals surface area contributed by atoms with Crippen molar-refractivity contribution in [3.05, 3.63) is 47.5 Å². The summed E-state index contributed by atoms with van der Waals surface area (Å²) < 4.78 is 0. The van der Waals surface area contributed by atoms with E-state index in [9.17, 15) is 0 Å². The van der Waals surface area contributed by atoms with Crippen molar-refractivity contribution < 1.29 is 0 Å². The second kappa shape index (κ2) is 3.89. The van der Waals surface area contributed by atoms with E-state index in [2.05, 4.69) is 32.0 Å². The summed E-state index contributed by atoms with van der Waals surface area (Å²) >= 11 is 0. The molecule has 2 aromatic carbocycles. The number of rotatable bonds is 1. The molecule has 0 saturated heterocycles. The van der Waals surface area contributed by atoms with E-state index in [0.717, 1.165) is 11.3 Å². The summed E-state index contributed by atoms with van der Waals surface area (Å²) in [5.74, 6) is 0. The standard InChI is InChI=1S/C14H16N2/c1-9-3-4-10(2)13(7-9)12-6-5-11(15)8-14(12)16/h3-8H,15-16H2,1-2H3. The zero-order valence-electron chi connectivity index (χ0n) is 9.62. The van der Waals surface area contributed by atoms with E-state index >= 15 is 0 Å². The van der Waals surface area contributed by atoms with Crippen molar-refractivity contribution in [3.63, 3.8) is 0 Å². The van der Waals surface area contributed by atoms with Gasteiger partial charge in [-0.1, -0.05) is 29.8 Å². The van der Waals surface area contributed by atoms with Gasteiger partial charge in [-0.2, -0.15) is 0 Å². The molecule has 82 valence electrons. The summed E-state index contributed by atoms with van der Waals surface area (Å²) in [5, 5.41) is 0. The van der Waals surface area contributed by atoms with Gasteiger partial charge in [-0.3, -0.25) is 0 Å². The molecule has 2 nitrogen and oxygen atoms in total. The van der Waals surface area contributed by atoms with Gasteiger partial charge >= 0.3 is 0 Å². The first kappa shape index (κ1) is 10.6. The van der Waals surface area contributed by atoms with Crippen LogP contribution < -0.4 is 11.5 Å². The highest BCUT2D eigenvalue weighted by Gasteiger charge is 2.06. The van der Waals surface area contributed by atoms with Crippen molar-refractivity contribution in [2.45, 2.75) is 13.8 Å². The number of nitrogens with two attached hydrogens (primary N) is 2. The van der Waals surface area contributed by atoms with Crippen molar-refractivity contribution in [1.82, 2.24) is 0 Å². The second-order valence-corrected chi connectivity index (χ2v) is 4.17. The molecule has 0 radical (unpaired) electrons. The van der Waals surface area contributed by atoms with Crippen LogP contribution in [0.1, 0.15) is 11.1 Å². The molecule has 2 heteroatoms. The number of benzene rings is 2.